The molecule has 3 aromatic rings. The van der Waals surface area contributed by atoms with Crippen LogP contribution in [0.2, 0.25) is 0 Å². The van der Waals surface area contributed by atoms with Crippen LogP contribution in [0.3, 0.4) is 0 Å². The zero-order valence-electron chi connectivity index (χ0n) is 17.5. The normalized spacial score (nSPS) is 17.7. The molecule has 5 rings (SSSR count). The van der Waals surface area contributed by atoms with E-state index >= 15 is 0 Å². The summed E-state index contributed by atoms with van der Waals surface area (Å²) in [7, 11) is 1.68. The van der Waals surface area contributed by atoms with E-state index in [0.717, 1.165) is 11.9 Å². The van der Waals surface area contributed by atoms with Crippen molar-refractivity contribution in [2.75, 3.05) is 13.7 Å². The van der Waals surface area contributed by atoms with Crippen LogP contribution in [-0.2, 0) is 18.0 Å². The van der Waals surface area contributed by atoms with Crippen LogP contribution in [0.4, 0.5) is 0 Å². The predicted octanol–water partition coefficient (Wildman–Crippen LogP) is 3.58. The van der Waals surface area contributed by atoms with Crippen LogP contribution in [0.1, 0.15) is 44.9 Å². The summed E-state index contributed by atoms with van der Waals surface area (Å²) >= 11 is 5.89. The second-order valence-electron chi connectivity index (χ2n) is 8.56. The van der Waals surface area contributed by atoms with E-state index in [-0.39, 0.29) is 5.56 Å². The first-order valence-corrected chi connectivity index (χ1v) is 11.5. The Balaban J connectivity index is 1.62. The molecule has 2 aliphatic carbocycles. The van der Waals surface area contributed by atoms with Crippen molar-refractivity contribution in [3.63, 3.8) is 0 Å². The largest absolute Gasteiger partial charge is 0.385 e. The number of fused-ring (bicyclic) bond motifs is 3. The number of rotatable bonds is 8. The lowest BCUT2D eigenvalue weighted by molar-refractivity contribution is 0.134. The Morgan fingerprint density at radius 3 is 2.63 bits per heavy atom. The van der Waals surface area contributed by atoms with Gasteiger partial charge < -0.3 is 4.74 Å². The van der Waals surface area contributed by atoms with Crippen molar-refractivity contribution >= 4 is 28.9 Å². The van der Waals surface area contributed by atoms with Gasteiger partial charge in [0.05, 0.1) is 17.6 Å². The maximum absolute atomic E-state index is 13.2. The first-order valence-electron chi connectivity index (χ1n) is 11.0. The molecule has 0 unspecified atom stereocenters. The third-order valence-corrected chi connectivity index (χ3v) is 6.91. The molecule has 0 amide bonds. The van der Waals surface area contributed by atoms with Crippen molar-refractivity contribution in [1.82, 2.24) is 23.6 Å². The van der Waals surface area contributed by atoms with Crippen LogP contribution in [0.25, 0.3) is 16.7 Å². The molecular formula is C22H29N5O2S. The average molecular weight is 428 g/mol. The molecule has 8 heteroatoms. The van der Waals surface area contributed by atoms with Crippen molar-refractivity contribution in [3.8, 4) is 0 Å². The van der Waals surface area contributed by atoms with Crippen LogP contribution >= 0.6 is 12.2 Å². The highest BCUT2D eigenvalue weighted by molar-refractivity contribution is 7.71. The molecule has 2 saturated carbocycles. The standard InChI is InChI=1S/C22H29N5O2S/c1-29-14-6-13-24-20(28)18-9-4-5-10-19(18)27-21(24)23-26(22(27)30)15-25(17-11-12-17)16-7-2-3-8-16/h4-5,9-10,16-17H,2-3,6-8,11-15H2,1H3. The van der Waals surface area contributed by atoms with Crippen LogP contribution < -0.4 is 5.56 Å². The van der Waals surface area contributed by atoms with Gasteiger partial charge in [0.1, 0.15) is 0 Å². The van der Waals surface area contributed by atoms with E-state index in [9.17, 15) is 4.79 Å². The van der Waals surface area contributed by atoms with Gasteiger partial charge in [-0.15, -0.1) is 5.10 Å². The Kier molecular flexibility index (Phi) is 5.47. The lowest BCUT2D eigenvalue weighted by atomic mass is 10.2. The SMILES string of the molecule is COCCCn1c(=O)c2ccccc2n2c(=S)n(CN(C3CCCC3)C3CC3)nc12. The molecule has 0 aliphatic heterocycles. The molecule has 7 nitrogen and oxygen atoms in total. The molecule has 2 heterocycles. The number of methoxy groups -OCH3 is 1. The zero-order chi connectivity index (χ0) is 20.7. The van der Waals surface area contributed by atoms with Gasteiger partial charge in [-0.3, -0.25) is 18.7 Å². The van der Waals surface area contributed by atoms with Gasteiger partial charge >= 0.3 is 0 Å². The number of aryl methyl sites for hydroxylation is 1. The van der Waals surface area contributed by atoms with E-state index in [1.165, 1.54) is 38.5 Å². The molecule has 0 atom stereocenters. The third-order valence-electron chi connectivity index (χ3n) is 6.52. The van der Waals surface area contributed by atoms with Gasteiger partial charge in [0.25, 0.3) is 5.56 Å². The minimum atomic E-state index is -0.0174. The number of benzene rings is 1. The molecule has 0 radical (unpaired) electrons. The Bertz CT molecular complexity index is 1170. The topological polar surface area (TPSA) is 56.7 Å². The summed E-state index contributed by atoms with van der Waals surface area (Å²) in [6.07, 6.45) is 8.44. The Morgan fingerprint density at radius 1 is 1.17 bits per heavy atom. The summed E-state index contributed by atoms with van der Waals surface area (Å²) in [6.45, 7) is 1.86. The lowest BCUT2D eigenvalue weighted by Gasteiger charge is -2.28. The Labute approximate surface area is 180 Å². The molecule has 0 spiro atoms. The smallest absolute Gasteiger partial charge is 0.262 e. The van der Waals surface area contributed by atoms with Gasteiger partial charge in [0.2, 0.25) is 10.5 Å². The number of ether oxygens (including phenoxy) is 1. The Morgan fingerprint density at radius 2 is 1.90 bits per heavy atom. The molecule has 0 N–H and O–H groups in total. The molecule has 1 aromatic carbocycles. The summed E-state index contributed by atoms with van der Waals surface area (Å²) in [5, 5.41) is 5.55. The molecule has 30 heavy (non-hydrogen) atoms. The first kappa shape index (κ1) is 19.9. The van der Waals surface area contributed by atoms with Crippen molar-refractivity contribution in [2.45, 2.75) is 70.2 Å². The number of hydrogen-bond acceptors (Lipinski definition) is 5. The average Bonchev–Trinajstić information content (AvgIpc) is 3.35. The van der Waals surface area contributed by atoms with Crippen molar-refractivity contribution in [1.29, 1.82) is 0 Å². The fraction of sp³-hybridized carbons (Fsp3) is 0.591. The predicted molar refractivity (Wildman–Crippen MR) is 119 cm³/mol. The van der Waals surface area contributed by atoms with E-state index in [1.807, 2.05) is 33.3 Å². The van der Waals surface area contributed by atoms with Crippen LogP contribution in [0, 0.1) is 4.77 Å². The minimum Gasteiger partial charge on any atom is -0.385 e. The summed E-state index contributed by atoms with van der Waals surface area (Å²) in [5.74, 6) is 0.627. The summed E-state index contributed by atoms with van der Waals surface area (Å²) in [6, 6.07) is 8.96. The number of para-hydroxylation sites is 1. The van der Waals surface area contributed by atoms with Crippen molar-refractivity contribution < 1.29 is 4.74 Å². The second kappa shape index (κ2) is 8.24. The lowest BCUT2D eigenvalue weighted by Crippen LogP contribution is -2.37. The first-order chi connectivity index (χ1) is 14.7. The van der Waals surface area contributed by atoms with Gasteiger partial charge in [0, 0.05) is 32.3 Å². The van der Waals surface area contributed by atoms with Gasteiger partial charge in [-0.2, -0.15) is 0 Å². The fourth-order valence-corrected chi connectivity index (χ4v) is 5.13. The maximum Gasteiger partial charge on any atom is 0.262 e. The summed E-state index contributed by atoms with van der Waals surface area (Å²) in [5.41, 5.74) is 0.812. The molecule has 160 valence electrons. The molecule has 2 aliphatic rings. The minimum absolute atomic E-state index is 0.0174. The van der Waals surface area contributed by atoms with E-state index < -0.39 is 0 Å². The van der Waals surface area contributed by atoms with Gasteiger partial charge in [-0.05, 0) is 56.5 Å². The number of nitrogens with zero attached hydrogens (tertiary/aromatic N) is 5. The summed E-state index contributed by atoms with van der Waals surface area (Å²) < 4.78 is 11.5. The highest BCUT2D eigenvalue weighted by Gasteiger charge is 2.35. The van der Waals surface area contributed by atoms with Gasteiger partial charge in [-0.1, -0.05) is 25.0 Å². The molecule has 0 bridgehead atoms. The highest BCUT2D eigenvalue weighted by atomic mass is 32.1. The van der Waals surface area contributed by atoms with Crippen molar-refractivity contribution in [2.24, 2.45) is 0 Å². The van der Waals surface area contributed by atoms with E-state index in [1.54, 1.807) is 11.7 Å². The molecule has 2 fully saturated rings. The van der Waals surface area contributed by atoms with E-state index in [2.05, 4.69) is 4.90 Å². The van der Waals surface area contributed by atoms with Gasteiger partial charge in [0.15, 0.2) is 0 Å². The molecule has 2 aromatic heterocycles. The monoisotopic (exact) mass is 427 g/mol. The molecular weight excluding hydrogens is 398 g/mol. The Hall–Kier alpha value is -2.03. The fourth-order valence-electron chi connectivity index (χ4n) is 4.85. The third kappa shape index (κ3) is 3.50. The van der Waals surface area contributed by atoms with Crippen molar-refractivity contribution in [3.05, 3.63) is 39.4 Å². The maximum atomic E-state index is 13.2. The van der Waals surface area contributed by atoms with Crippen LogP contribution in [-0.4, -0.2) is 49.4 Å². The second-order valence-corrected chi connectivity index (χ2v) is 8.93. The van der Waals surface area contributed by atoms with Crippen LogP contribution in [0.5, 0.6) is 0 Å². The zero-order valence-corrected chi connectivity index (χ0v) is 18.3. The quantitative estimate of drug-likeness (QED) is 0.406. The molecule has 0 saturated heterocycles. The summed E-state index contributed by atoms with van der Waals surface area (Å²) in [4.78, 5) is 15.8. The van der Waals surface area contributed by atoms with E-state index in [0.29, 0.717) is 47.8 Å². The van der Waals surface area contributed by atoms with Gasteiger partial charge in [-0.25, -0.2) is 4.68 Å². The van der Waals surface area contributed by atoms with E-state index in [4.69, 9.17) is 22.1 Å². The highest BCUT2D eigenvalue weighted by Crippen LogP contribution is 2.34. The number of aromatic nitrogens is 4. The number of hydrogen-bond donors (Lipinski definition) is 0. The van der Waals surface area contributed by atoms with Crippen LogP contribution in [0.15, 0.2) is 29.1 Å².